The highest BCUT2D eigenvalue weighted by atomic mass is 32.1. The van der Waals surface area contributed by atoms with Crippen LogP contribution in [0.15, 0.2) is 24.3 Å². The number of anilines is 1. The second-order valence-electron chi connectivity index (χ2n) is 5.63. The van der Waals surface area contributed by atoms with Crippen LogP contribution in [-0.2, 0) is 15.8 Å². The van der Waals surface area contributed by atoms with E-state index in [2.05, 4.69) is 15.5 Å². The first-order valence-electron chi connectivity index (χ1n) is 8.03. The van der Waals surface area contributed by atoms with Gasteiger partial charge < -0.3 is 5.32 Å². The molecule has 1 aromatic carbocycles. The zero-order valence-corrected chi connectivity index (χ0v) is 14.9. The minimum absolute atomic E-state index is 0.186. The van der Waals surface area contributed by atoms with Gasteiger partial charge in [-0.05, 0) is 25.0 Å². The summed E-state index contributed by atoms with van der Waals surface area (Å²) in [4.78, 5) is 22.7. The first kappa shape index (κ1) is 20.8. The van der Waals surface area contributed by atoms with Crippen molar-refractivity contribution in [2.75, 3.05) is 5.32 Å². The monoisotopic (exact) mass is 402 g/mol. The second-order valence-corrected chi connectivity index (χ2v) is 6.61. The third kappa shape index (κ3) is 6.61. The van der Waals surface area contributed by atoms with Crippen LogP contribution in [0.5, 0.6) is 0 Å². The topological polar surface area (TPSA) is 104 Å². The predicted molar refractivity (Wildman–Crippen MR) is 92.0 cm³/mol. The summed E-state index contributed by atoms with van der Waals surface area (Å²) in [5, 5.41) is 19.3. The van der Waals surface area contributed by atoms with E-state index < -0.39 is 17.6 Å². The first-order valence-corrected chi connectivity index (χ1v) is 8.85. The normalized spacial score (nSPS) is 11.3. The highest BCUT2D eigenvalue weighted by Crippen LogP contribution is 2.32. The largest absolute Gasteiger partial charge is 0.416 e. The number of nitrogens with zero attached hydrogens (tertiary/aromatic N) is 2. The lowest BCUT2D eigenvalue weighted by Crippen LogP contribution is -2.17. The van der Waals surface area contributed by atoms with Crippen molar-refractivity contribution in [3.63, 3.8) is 0 Å². The maximum Gasteiger partial charge on any atom is 0.416 e. The fourth-order valence-corrected chi connectivity index (χ4v) is 2.94. The second kappa shape index (κ2) is 9.42. The van der Waals surface area contributed by atoms with E-state index in [1.54, 1.807) is 0 Å². The standard InChI is InChI=1S/C16H17F3N4O3S/c17-16(18,19)11-8-6-10(7-9-11)14-21-22-15(27-14)20-12(24)4-2-1-3-5-13(25)23-26/h6-9,26H,1-5H2,(H,23,25)(H,20,22,24). The zero-order valence-electron chi connectivity index (χ0n) is 14.0. The molecule has 11 heteroatoms. The molecule has 0 spiro atoms. The Morgan fingerprint density at radius 1 is 1.00 bits per heavy atom. The molecule has 0 aliphatic rings. The van der Waals surface area contributed by atoms with Crippen molar-refractivity contribution in [2.45, 2.75) is 38.3 Å². The average molecular weight is 402 g/mol. The van der Waals surface area contributed by atoms with Gasteiger partial charge in [0.15, 0.2) is 0 Å². The Balaban J connectivity index is 1.81. The Labute approximate surface area is 156 Å². The summed E-state index contributed by atoms with van der Waals surface area (Å²) in [5.74, 6) is -0.735. The molecule has 2 rings (SSSR count). The lowest BCUT2D eigenvalue weighted by atomic mass is 10.1. The number of unbranched alkanes of at least 4 members (excludes halogenated alkanes) is 2. The van der Waals surface area contributed by atoms with Gasteiger partial charge in [0, 0.05) is 18.4 Å². The molecular weight excluding hydrogens is 385 g/mol. The maximum absolute atomic E-state index is 12.6. The number of rotatable bonds is 8. The molecule has 0 aliphatic heterocycles. The summed E-state index contributed by atoms with van der Waals surface area (Å²) < 4.78 is 37.7. The van der Waals surface area contributed by atoms with Gasteiger partial charge in [-0.15, -0.1) is 10.2 Å². The van der Waals surface area contributed by atoms with Crippen molar-refractivity contribution in [1.82, 2.24) is 15.7 Å². The summed E-state index contributed by atoms with van der Waals surface area (Å²) in [5.41, 5.74) is 1.26. The van der Waals surface area contributed by atoms with Gasteiger partial charge in [-0.25, -0.2) is 5.48 Å². The molecule has 1 aromatic heterocycles. The Bertz CT molecular complexity index is 778. The molecule has 1 heterocycles. The highest BCUT2D eigenvalue weighted by Gasteiger charge is 2.30. The molecule has 0 radical (unpaired) electrons. The van der Waals surface area contributed by atoms with Crippen molar-refractivity contribution in [1.29, 1.82) is 0 Å². The van der Waals surface area contributed by atoms with Crippen LogP contribution >= 0.6 is 11.3 Å². The quantitative estimate of drug-likeness (QED) is 0.355. The van der Waals surface area contributed by atoms with Gasteiger partial charge in [0.1, 0.15) is 5.01 Å². The third-order valence-corrected chi connectivity index (χ3v) is 4.45. The average Bonchev–Trinajstić information content (AvgIpc) is 3.09. The minimum Gasteiger partial charge on any atom is -0.301 e. The van der Waals surface area contributed by atoms with Crippen LogP contribution in [0.2, 0.25) is 0 Å². The number of hydrogen-bond acceptors (Lipinski definition) is 6. The van der Waals surface area contributed by atoms with Crippen molar-refractivity contribution < 1.29 is 28.0 Å². The van der Waals surface area contributed by atoms with Crippen molar-refractivity contribution in [3.05, 3.63) is 29.8 Å². The number of aromatic nitrogens is 2. The van der Waals surface area contributed by atoms with E-state index in [0.717, 1.165) is 23.5 Å². The molecule has 0 saturated carbocycles. The van der Waals surface area contributed by atoms with Gasteiger partial charge in [-0.1, -0.05) is 29.9 Å². The Hall–Kier alpha value is -2.53. The number of benzene rings is 1. The first-order chi connectivity index (χ1) is 12.8. The van der Waals surface area contributed by atoms with Gasteiger partial charge in [0.2, 0.25) is 16.9 Å². The van der Waals surface area contributed by atoms with Crippen LogP contribution in [0.3, 0.4) is 0 Å². The lowest BCUT2D eigenvalue weighted by molar-refractivity contribution is -0.137. The van der Waals surface area contributed by atoms with Crippen molar-refractivity contribution in [2.24, 2.45) is 0 Å². The number of amides is 2. The SMILES string of the molecule is O=C(CCCCCC(=O)Nc1nnc(-c2ccc(C(F)(F)F)cc2)s1)NO. The van der Waals surface area contributed by atoms with Crippen LogP contribution in [-0.4, -0.2) is 27.2 Å². The lowest BCUT2D eigenvalue weighted by Gasteiger charge is -2.06. The van der Waals surface area contributed by atoms with Crippen molar-refractivity contribution >= 4 is 28.3 Å². The van der Waals surface area contributed by atoms with E-state index in [0.29, 0.717) is 29.8 Å². The molecule has 0 fully saturated rings. The number of hydrogen-bond donors (Lipinski definition) is 3. The smallest absolute Gasteiger partial charge is 0.301 e. The van der Waals surface area contributed by atoms with Gasteiger partial charge in [-0.2, -0.15) is 13.2 Å². The van der Waals surface area contributed by atoms with Gasteiger partial charge in [-0.3, -0.25) is 14.8 Å². The van der Waals surface area contributed by atoms with E-state index >= 15 is 0 Å². The predicted octanol–water partition coefficient (Wildman–Crippen LogP) is 3.62. The van der Waals surface area contributed by atoms with E-state index in [1.807, 2.05) is 0 Å². The van der Waals surface area contributed by atoms with Crippen LogP contribution in [0.25, 0.3) is 10.6 Å². The minimum atomic E-state index is -4.40. The van der Waals surface area contributed by atoms with E-state index in [4.69, 9.17) is 5.21 Å². The Morgan fingerprint density at radius 2 is 1.63 bits per heavy atom. The molecule has 3 N–H and O–H groups in total. The van der Waals surface area contributed by atoms with Gasteiger partial charge in [0.25, 0.3) is 0 Å². The van der Waals surface area contributed by atoms with Crippen LogP contribution < -0.4 is 10.8 Å². The molecule has 2 amide bonds. The summed E-state index contributed by atoms with van der Waals surface area (Å²) in [6.45, 7) is 0. The number of carbonyl (C=O) groups excluding carboxylic acids is 2. The molecule has 27 heavy (non-hydrogen) atoms. The summed E-state index contributed by atoms with van der Waals surface area (Å²) in [6.07, 6.45) is -2.22. The zero-order chi connectivity index (χ0) is 19.9. The Kier molecular flexibility index (Phi) is 7.25. The van der Waals surface area contributed by atoms with Crippen molar-refractivity contribution in [3.8, 4) is 10.6 Å². The number of carbonyl (C=O) groups is 2. The van der Waals surface area contributed by atoms with Gasteiger partial charge in [0.05, 0.1) is 5.56 Å². The summed E-state index contributed by atoms with van der Waals surface area (Å²) >= 11 is 1.06. The molecule has 0 saturated heterocycles. The summed E-state index contributed by atoms with van der Waals surface area (Å²) in [7, 11) is 0. The Morgan fingerprint density at radius 3 is 2.22 bits per heavy atom. The molecular formula is C16H17F3N4O3S. The molecule has 0 unspecified atom stereocenters. The fourth-order valence-electron chi connectivity index (χ4n) is 2.18. The maximum atomic E-state index is 12.6. The molecule has 7 nitrogen and oxygen atoms in total. The van der Waals surface area contributed by atoms with Crippen LogP contribution in [0.4, 0.5) is 18.3 Å². The molecule has 2 aromatic rings. The highest BCUT2D eigenvalue weighted by molar-refractivity contribution is 7.18. The van der Waals surface area contributed by atoms with Gasteiger partial charge >= 0.3 is 6.18 Å². The van der Waals surface area contributed by atoms with Crippen LogP contribution in [0.1, 0.15) is 37.7 Å². The number of nitrogens with one attached hydrogen (secondary N) is 2. The molecule has 0 aliphatic carbocycles. The molecule has 0 bridgehead atoms. The molecule has 146 valence electrons. The number of halogens is 3. The fraction of sp³-hybridized carbons (Fsp3) is 0.375. The summed E-state index contributed by atoms with van der Waals surface area (Å²) in [6, 6.07) is 4.53. The molecule has 0 atom stereocenters. The third-order valence-electron chi connectivity index (χ3n) is 3.56. The van der Waals surface area contributed by atoms with E-state index in [9.17, 15) is 22.8 Å². The number of alkyl halides is 3. The van der Waals surface area contributed by atoms with E-state index in [1.165, 1.54) is 17.6 Å². The number of hydroxylamine groups is 1. The van der Waals surface area contributed by atoms with E-state index in [-0.39, 0.29) is 23.9 Å². The van der Waals surface area contributed by atoms with Crippen LogP contribution in [0, 0.1) is 0 Å².